The number of methoxy groups -OCH3 is 1. The molecule has 1 aliphatic heterocycles. The Morgan fingerprint density at radius 1 is 1.19 bits per heavy atom. The Morgan fingerprint density at radius 3 is 2.42 bits per heavy atom. The number of carbonyl (C=O) groups is 1. The van der Waals surface area contributed by atoms with Crippen molar-refractivity contribution < 1.29 is 26.7 Å². The average Bonchev–Trinajstić information content (AvgIpc) is 2.68. The lowest BCUT2D eigenvalue weighted by Crippen LogP contribution is -2.55. The summed E-state index contributed by atoms with van der Waals surface area (Å²) in [4.78, 5) is 24.3. The van der Waals surface area contributed by atoms with Crippen LogP contribution in [0.4, 0.5) is 14.5 Å². The van der Waals surface area contributed by atoms with E-state index in [1.54, 1.807) is 0 Å². The van der Waals surface area contributed by atoms with E-state index < -0.39 is 43.4 Å². The van der Waals surface area contributed by atoms with E-state index in [1.807, 2.05) is 0 Å². The number of nitrogens with two attached hydrogens (primary N) is 1. The highest BCUT2D eigenvalue weighted by Crippen LogP contribution is 2.39. The lowest BCUT2D eigenvalue weighted by Gasteiger charge is -2.38. The monoisotopic (exact) mass is 453 g/mol. The van der Waals surface area contributed by atoms with Crippen LogP contribution in [0.1, 0.15) is 36.8 Å². The number of aromatic nitrogens is 2. The van der Waals surface area contributed by atoms with Gasteiger partial charge in [-0.25, -0.2) is 27.2 Å². The standard InChI is InChI=1S/C19H21F2N5O4S/c1-18(2)17(22)26-19(3,9-31(18,28)29)11-5-10(6-12(20)15(11)21)25-16(27)13-7-24-14(30-4)8-23-13/h5-8H,9H2,1-4H3,(H2,22,26)(H,25,27). The van der Waals surface area contributed by atoms with Crippen molar-refractivity contribution in [1.82, 2.24) is 9.97 Å². The molecule has 1 aliphatic rings. The van der Waals surface area contributed by atoms with Crippen LogP contribution >= 0.6 is 0 Å². The summed E-state index contributed by atoms with van der Waals surface area (Å²) < 4.78 is 57.9. The second-order valence-corrected chi connectivity index (χ2v) is 10.3. The molecule has 3 rings (SSSR count). The lowest BCUT2D eigenvalue weighted by molar-refractivity contribution is 0.102. The van der Waals surface area contributed by atoms with Crippen LogP contribution in [0.15, 0.2) is 29.5 Å². The lowest BCUT2D eigenvalue weighted by atomic mass is 9.92. The number of hydrogen-bond acceptors (Lipinski definition) is 8. The van der Waals surface area contributed by atoms with Crippen LogP contribution in [0.25, 0.3) is 0 Å². The Bertz CT molecular complexity index is 1180. The Labute approximate surface area is 177 Å². The molecule has 12 heteroatoms. The fourth-order valence-corrected chi connectivity index (χ4v) is 4.75. The molecule has 1 aromatic carbocycles. The van der Waals surface area contributed by atoms with Crippen LogP contribution in [-0.4, -0.2) is 47.7 Å². The first-order valence-corrected chi connectivity index (χ1v) is 10.7. The van der Waals surface area contributed by atoms with Crippen LogP contribution in [0, 0.1) is 11.6 Å². The van der Waals surface area contributed by atoms with Gasteiger partial charge in [0.15, 0.2) is 21.5 Å². The van der Waals surface area contributed by atoms with Gasteiger partial charge in [-0.1, -0.05) is 0 Å². The van der Waals surface area contributed by atoms with E-state index in [0.29, 0.717) is 0 Å². The van der Waals surface area contributed by atoms with Crippen molar-refractivity contribution >= 4 is 27.3 Å². The molecule has 0 spiro atoms. The molecule has 9 nitrogen and oxygen atoms in total. The molecule has 0 fully saturated rings. The van der Waals surface area contributed by atoms with Gasteiger partial charge in [0, 0.05) is 17.3 Å². The van der Waals surface area contributed by atoms with E-state index in [2.05, 4.69) is 20.3 Å². The molecule has 0 aliphatic carbocycles. The molecule has 0 radical (unpaired) electrons. The first-order chi connectivity index (χ1) is 14.3. The number of nitrogens with zero attached hydrogens (tertiary/aromatic N) is 3. The summed E-state index contributed by atoms with van der Waals surface area (Å²) in [7, 11) is -2.46. The highest BCUT2D eigenvalue weighted by molar-refractivity contribution is 7.93. The Hall–Kier alpha value is -3.15. The minimum absolute atomic E-state index is 0.0949. The van der Waals surface area contributed by atoms with E-state index in [4.69, 9.17) is 10.5 Å². The van der Waals surface area contributed by atoms with Gasteiger partial charge in [0.25, 0.3) is 5.91 Å². The molecule has 2 heterocycles. The minimum Gasteiger partial charge on any atom is -0.480 e. The van der Waals surface area contributed by atoms with Crippen molar-refractivity contribution in [2.24, 2.45) is 10.7 Å². The number of sulfone groups is 1. The zero-order chi connectivity index (χ0) is 23.2. The second kappa shape index (κ2) is 7.52. The summed E-state index contributed by atoms with van der Waals surface area (Å²) in [5.74, 6) is -3.93. The predicted octanol–water partition coefficient (Wildman–Crippen LogP) is 1.80. The van der Waals surface area contributed by atoms with Crippen molar-refractivity contribution in [2.75, 3.05) is 18.2 Å². The number of rotatable bonds is 4. The van der Waals surface area contributed by atoms with Gasteiger partial charge >= 0.3 is 0 Å². The number of amides is 1. The zero-order valence-corrected chi connectivity index (χ0v) is 18.0. The number of benzene rings is 1. The van der Waals surface area contributed by atoms with Crippen molar-refractivity contribution in [1.29, 1.82) is 0 Å². The summed E-state index contributed by atoms with van der Waals surface area (Å²) in [5, 5.41) is 2.39. The van der Waals surface area contributed by atoms with E-state index in [-0.39, 0.29) is 28.7 Å². The second-order valence-electron chi connectivity index (χ2n) is 7.76. The summed E-state index contributed by atoms with van der Waals surface area (Å²) in [6, 6.07) is 1.89. The van der Waals surface area contributed by atoms with Crippen molar-refractivity contribution in [3.63, 3.8) is 0 Å². The first kappa shape index (κ1) is 22.5. The van der Waals surface area contributed by atoms with Gasteiger partial charge < -0.3 is 15.8 Å². The van der Waals surface area contributed by atoms with Gasteiger partial charge in [-0.15, -0.1) is 0 Å². The van der Waals surface area contributed by atoms with Crippen LogP contribution in [-0.2, 0) is 15.4 Å². The Kier molecular flexibility index (Phi) is 5.47. The van der Waals surface area contributed by atoms with Gasteiger partial charge in [-0.05, 0) is 26.8 Å². The number of anilines is 1. The zero-order valence-electron chi connectivity index (χ0n) is 17.2. The van der Waals surface area contributed by atoms with E-state index in [9.17, 15) is 22.0 Å². The van der Waals surface area contributed by atoms with Crippen LogP contribution in [0.3, 0.4) is 0 Å². The van der Waals surface area contributed by atoms with E-state index in [1.165, 1.54) is 34.1 Å². The fourth-order valence-electron chi connectivity index (χ4n) is 3.07. The fraction of sp³-hybridized carbons (Fsp3) is 0.368. The molecular formula is C19H21F2N5O4S. The largest absolute Gasteiger partial charge is 0.480 e. The smallest absolute Gasteiger partial charge is 0.275 e. The molecule has 0 saturated heterocycles. The predicted molar refractivity (Wildman–Crippen MR) is 110 cm³/mol. The number of aliphatic imine (C=N–C) groups is 1. The van der Waals surface area contributed by atoms with Crippen molar-refractivity contribution in [3.05, 3.63) is 47.4 Å². The van der Waals surface area contributed by atoms with Crippen molar-refractivity contribution in [3.8, 4) is 5.88 Å². The highest BCUT2D eigenvalue weighted by atomic mass is 32.2. The molecule has 2 aromatic rings. The average molecular weight is 453 g/mol. The van der Waals surface area contributed by atoms with E-state index in [0.717, 1.165) is 18.3 Å². The number of hydrogen-bond donors (Lipinski definition) is 2. The summed E-state index contributed by atoms with van der Waals surface area (Å²) >= 11 is 0. The van der Waals surface area contributed by atoms with Gasteiger partial charge in [0.05, 0.1) is 25.3 Å². The first-order valence-electron chi connectivity index (χ1n) is 9.06. The number of carbonyl (C=O) groups excluding carboxylic acids is 1. The Balaban J connectivity index is 2.02. The third kappa shape index (κ3) is 3.94. The molecule has 1 atom stereocenters. The Morgan fingerprint density at radius 2 is 1.87 bits per heavy atom. The van der Waals surface area contributed by atoms with Crippen LogP contribution in [0.2, 0.25) is 0 Å². The molecule has 0 saturated carbocycles. The van der Waals surface area contributed by atoms with Crippen molar-refractivity contribution in [2.45, 2.75) is 31.1 Å². The quantitative estimate of drug-likeness (QED) is 0.720. The van der Waals surface area contributed by atoms with Gasteiger partial charge in [0.2, 0.25) is 5.88 Å². The molecular weight excluding hydrogens is 432 g/mol. The molecule has 31 heavy (non-hydrogen) atoms. The summed E-state index contributed by atoms with van der Waals surface area (Å²) in [5.41, 5.74) is 3.61. The normalized spacial score (nSPS) is 21.8. The highest BCUT2D eigenvalue weighted by Gasteiger charge is 2.49. The number of halogens is 2. The van der Waals surface area contributed by atoms with Gasteiger partial charge in [-0.3, -0.25) is 9.79 Å². The summed E-state index contributed by atoms with van der Waals surface area (Å²) in [6.07, 6.45) is 2.37. The SMILES string of the molecule is COc1cnc(C(=O)Nc2cc(F)c(F)c(C3(C)CS(=O)(=O)C(C)(C)C(N)=N3)c2)cn1. The van der Waals surface area contributed by atoms with E-state index >= 15 is 0 Å². The third-order valence-corrected chi connectivity index (χ3v) is 7.88. The molecule has 3 N–H and O–H groups in total. The molecule has 1 unspecified atom stereocenters. The van der Waals surface area contributed by atoms with Crippen LogP contribution < -0.4 is 15.8 Å². The number of amidine groups is 1. The maximum Gasteiger partial charge on any atom is 0.275 e. The summed E-state index contributed by atoms with van der Waals surface area (Å²) in [6.45, 7) is 4.12. The molecule has 1 amide bonds. The van der Waals surface area contributed by atoms with Gasteiger partial charge in [0.1, 0.15) is 21.8 Å². The minimum atomic E-state index is -3.84. The van der Waals surface area contributed by atoms with Crippen LogP contribution in [0.5, 0.6) is 5.88 Å². The molecule has 1 aromatic heterocycles. The maximum absolute atomic E-state index is 14.7. The topological polar surface area (TPSA) is 137 Å². The number of ether oxygens (including phenoxy) is 1. The molecule has 0 bridgehead atoms. The maximum atomic E-state index is 14.7. The number of nitrogens with one attached hydrogen (secondary N) is 1. The molecule has 166 valence electrons. The van der Waals surface area contributed by atoms with Gasteiger partial charge in [-0.2, -0.15) is 0 Å². The third-order valence-electron chi connectivity index (χ3n) is 5.17.